The average molecular weight is 302 g/mol. The van der Waals surface area contributed by atoms with Crippen molar-refractivity contribution in [2.45, 2.75) is 38.2 Å². The van der Waals surface area contributed by atoms with Gasteiger partial charge in [0.1, 0.15) is 11.3 Å². The van der Waals surface area contributed by atoms with Crippen LogP contribution in [0, 0.1) is 5.92 Å². The van der Waals surface area contributed by atoms with Gasteiger partial charge in [0.2, 0.25) is 5.78 Å². The van der Waals surface area contributed by atoms with Crippen LogP contribution in [0.15, 0.2) is 4.60 Å². The molecule has 0 aliphatic heterocycles. The monoisotopic (exact) mass is 301 g/mol. The number of carbonyl (C=O) groups excluding carboxylic acids is 1. The van der Waals surface area contributed by atoms with Crippen LogP contribution in [0.2, 0.25) is 0 Å². The van der Waals surface area contributed by atoms with Gasteiger partial charge >= 0.3 is 0 Å². The van der Waals surface area contributed by atoms with Crippen LogP contribution in [0.1, 0.15) is 43.1 Å². The van der Waals surface area contributed by atoms with Gasteiger partial charge in [-0.25, -0.2) is 4.68 Å². The lowest BCUT2D eigenvalue weighted by molar-refractivity contribution is 0.00338. The van der Waals surface area contributed by atoms with E-state index in [0.29, 0.717) is 29.1 Å². The van der Waals surface area contributed by atoms with Gasteiger partial charge in [-0.2, -0.15) is 0 Å². The number of carbonyl (C=O) groups is 1. The van der Waals surface area contributed by atoms with Gasteiger partial charge in [0.05, 0.1) is 0 Å². The van der Waals surface area contributed by atoms with Crippen LogP contribution in [0.5, 0.6) is 0 Å². The summed E-state index contributed by atoms with van der Waals surface area (Å²) in [5, 5.41) is 18.0. The molecule has 0 amide bonds. The van der Waals surface area contributed by atoms with Crippen LogP contribution in [0.3, 0.4) is 0 Å². The van der Waals surface area contributed by atoms with Crippen molar-refractivity contribution >= 4 is 21.7 Å². The molecule has 1 fully saturated rings. The molecular formula is C11H16BrN3O2. The maximum Gasteiger partial charge on any atom is 0.215 e. The third-order valence-corrected chi connectivity index (χ3v) is 4.06. The first-order valence-corrected chi connectivity index (χ1v) is 6.56. The molecule has 17 heavy (non-hydrogen) atoms. The molecule has 0 radical (unpaired) electrons. The number of aromatic nitrogens is 3. The summed E-state index contributed by atoms with van der Waals surface area (Å²) in [4.78, 5) is 12.4. The molecule has 1 saturated carbocycles. The zero-order valence-corrected chi connectivity index (χ0v) is 11.6. The summed E-state index contributed by atoms with van der Waals surface area (Å²) in [7, 11) is 1.65. The van der Waals surface area contributed by atoms with E-state index in [4.69, 9.17) is 0 Å². The molecule has 0 atom stereocenters. The van der Waals surface area contributed by atoms with E-state index in [0.717, 1.165) is 12.8 Å². The van der Waals surface area contributed by atoms with E-state index in [2.05, 4.69) is 33.2 Å². The molecule has 0 bridgehead atoms. The minimum absolute atomic E-state index is 0.274. The molecule has 1 aromatic rings. The number of halogens is 1. The van der Waals surface area contributed by atoms with Crippen LogP contribution in [0.4, 0.5) is 0 Å². The lowest BCUT2D eigenvalue weighted by Gasteiger charge is -2.33. The second kappa shape index (κ2) is 4.49. The van der Waals surface area contributed by atoms with Crippen LogP contribution in [-0.2, 0) is 7.05 Å². The van der Waals surface area contributed by atoms with Gasteiger partial charge in [-0.3, -0.25) is 4.79 Å². The number of ketones is 1. The fourth-order valence-electron chi connectivity index (χ4n) is 2.26. The number of Topliss-reactive ketones (excluding diaryl/α,β-unsaturated/α-hetero) is 1. The van der Waals surface area contributed by atoms with Gasteiger partial charge in [-0.15, -0.1) is 5.10 Å². The largest absolute Gasteiger partial charge is 0.382 e. The second-order valence-electron chi connectivity index (χ2n) is 4.90. The molecule has 0 spiro atoms. The molecule has 2 rings (SSSR count). The van der Waals surface area contributed by atoms with Crippen LogP contribution < -0.4 is 0 Å². The van der Waals surface area contributed by atoms with E-state index in [1.807, 2.05) is 0 Å². The summed E-state index contributed by atoms with van der Waals surface area (Å²) in [6.07, 6.45) is 2.80. The Hall–Kier alpha value is -0.750. The van der Waals surface area contributed by atoms with E-state index in [9.17, 15) is 9.90 Å². The molecular weight excluding hydrogens is 286 g/mol. The van der Waals surface area contributed by atoms with Gasteiger partial charge in [-0.05, 0) is 47.5 Å². The first kappa shape index (κ1) is 12.7. The quantitative estimate of drug-likeness (QED) is 0.844. The zero-order chi connectivity index (χ0) is 12.6. The number of hydrogen-bond donors (Lipinski definition) is 1. The summed E-state index contributed by atoms with van der Waals surface area (Å²) in [5.74, 6) is 0.306. The van der Waals surface area contributed by atoms with Gasteiger partial charge in [0.25, 0.3) is 0 Å². The average Bonchev–Trinajstić information content (AvgIpc) is 2.62. The van der Waals surface area contributed by atoms with Crippen molar-refractivity contribution in [1.29, 1.82) is 0 Å². The van der Waals surface area contributed by atoms with Gasteiger partial charge in [0, 0.05) is 7.05 Å². The maximum absolute atomic E-state index is 12.4. The van der Waals surface area contributed by atoms with Gasteiger partial charge < -0.3 is 5.11 Å². The first-order valence-electron chi connectivity index (χ1n) is 5.76. The van der Waals surface area contributed by atoms with Crippen molar-refractivity contribution in [3.63, 3.8) is 0 Å². The summed E-state index contributed by atoms with van der Waals surface area (Å²) >= 11 is 3.19. The summed E-state index contributed by atoms with van der Waals surface area (Å²) in [6.45, 7) is 2.14. The third kappa shape index (κ3) is 2.28. The number of nitrogens with zero attached hydrogens (tertiary/aromatic N) is 3. The lowest BCUT2D eigenvalue weighted by Crippen LogP contribution is -2.42. The van der Waals surface area contributed by atoms with Crippen molar-refractivity contribution in [3.05, 3.63) is 10.3 Å². The molecule has 1 heterocycles. The first-order chi connectivity index (χ1) is 7.94. The van der Waals surface area contributed by atoms with Crippen molar-refractivity contribution in [2.24, 2.45) is 13.0 Å². The molecule has 5 nitrogen and oxygen atoms in total. The van der Waals surface area contributed by atoms with Crippen LogP contribution in [-0.4, -0.2) is 31.5 Å². The number of rotatable bonds is 2. The molecule has 1 aromatic heterocycles. The molecule has 1 aliphatic rings. The Morgan fingerprint density at radius 2 is 2.12 bits per heavy atom. The van der Waals surface area contributed by atoms with Crippen LogP contribution >= 0.6 is 15.9 Å². The number of aryl methyl sites for hydroxylation is 1. The molecule has 94 valence electrons. The summed E-state index contributed by atoms with van der Waals surface area (Å²) in [5.41, 5.74) is -0.896. The molecule has 1 N–H and O–H groups in total. The lowest BCUT2D eigenvalue weighted by atomic mass is 9.76. The van der Waals surface area contributed by atoms with Crippen molar-refractivity contribution in [1.82, 2.24) is 15.0 Å². The van der Waals surface area contributed by atoms with E-state index in [1.165, 1.54) is 4.68 Å². The fourth-order valence-corrected chi connectivity index (χ4v) is 2.77. The highest BCUT2D eigenvalue weighted by atomic mass is 79.9. The SMILES string of the molecule is CC1CCC(O)(C(=O)c2c(Br)nnn2C)CC1. The highest BCUT2D eigenvalue weighted by molar-refractivity contribution is 9.10. The number of aliphatic hydroxyl groups is 1. The Morgan fingerprint density at radius 3 is 2.59 bits per heavy atom. The van der Waals surface area contributed by atoms with Crippen LogP contribution in [0.25, 0.3) is 0 Å². The zero-order valence-electron chi connectivity index (χ0n) is 9.98. The standard InChI is InChI=1S/C11H16BrN3O2/c1-7-3-5-11(17,6-4-7)9(16)8-10(12)13-14-15(8)2/h7,17H,3-6H2,1-2H3. The smallest absolute Gasteiger partial charge is 0.215 e. The van der Waals surface area contributed by atoms with E-state index in [-0.39, 0.29) is 5.78 Å². The third-order valence-electron chi connectivity index (χ3n) is 3.52. The topological polar surface area (TPSA) is 68.0 Å². The maximum atomic E-state index is 12.4. The van der Waals surface area contributed by atoms with Crippen molar-refractivity contribution < 1.29 is 9.90 Å². The van der Waals surface area contributed by atoms with Crippen molar-refractivity contribution in [2.75, 3.05) is 0 Å². The highest BCUT2D eigenvalue weighted by Gasteiger charge is 2.41. The molecule has 1 aliphatic carbocycles. The number of hydrogen-bond acceptors (Lipinski definition) is 4. The molecule has 0 unspecified atom stereocenters. The van der Waals surface area contributed by atoms with Gasteiger partial charge in [-0.1, -0.05) is 12.1 Å². The Bertz CT molecular complexity index is 416. The van der Waals surface area contributed by atoms with E-state index >= 15 is 0 Å². The minimum Gasteiger partial charge on any atom is -0.382 e. The summed E-state index contributed by atoms with van der Waals surface area (Å²) in [6, 6.07) is 0. The molecule has 6 heteroatoms. The Kier molecular flexibility index (Phi) is 3.36. The van der Waals surface area contributed by atoms with Gasteiger partial charge in [0.15, 0.2) is 4.60 Å². The Morgan fingerprint density at radius 1 is 1.53 bits per heavy atom. The molecule has 0 saturated heterocycles. The second-order valence-corrected chi connectivity index (χ2v) is 5.65. The highest BCUT2D eigenvalue weighted by Crippen LogP contribution is 2.35. The Labute approximate surface area is 108 Å². The van der Waals surface area contributed by atoms with E-state index in [1.54, 1.807) is 7.05 Å². The van der Waals surface area contributed by atoms with E-state index < -0.39 is 5.60 Å². The predicted octanol–water partition coefficient (Wildman–Crippen LogP) is 1.70. The molecule has 0 aromatic carbocycles. The predicted molar refractivity (Wildman–Crippen MR) is 65.6 cm³/mol. The fraction of sp³-hybridized carbons (Fsp3) is 0.727. The summed E-state index contributed by atoms with van der Waals surface area (Å²) < 4.78 is 1.81. The Balaban J connectivity index is 2.26. The normalized spacial score (nSPS) is 29.3. The minimum atomic E-state index is -1.25. The van der Waals surface area contributed by atoms with Crippen molar-refractivity contribution in [3.8, 4) is 0 Å².